The van der Waals surface area contributed by atoms with Gasteiger partial charge in [0.25, 0.3) is 0 Å². The van der Waals surface area contributed by atoms with Crippen molar-refractivity contribution in [2.24, 2.45) is 5.41 Å². The Hall–Kier alpha value is -0.890. The van der Waals surface area contributed by atoms with Crippen LogP contribution in [0.4, 0.5) is 0 Å². The summed E-state index contributed by atoms with van der Waals surface area (Å²) in [5, 5.41) is 3.64. The van der Waals surface area contributed by atoms with Crippen molar-refractivity contribution in [1.29, 1.82) is 0 Å². The van der Waals surface area contributed by atoms with Gasteiger partial charge in [-0.2, -0.15) is 0 Å². The number of aromatic nitrogens is 1. The molecule has 1 aliphatic carbocycles. The lowest BCUT2D eigenvalue weighted by molar-refractivity contribution is 0.268. The minimum atomic E-state index is 0.579. The minimum absolute atomic E-state index is 0.579. The van der Waals surface area contributed by atoms with Crippen molar-refractivity contribution in [3.05, 3.63) is 29.6 Å². The van der Waals surface area contributed by atoms with Gasteiger partial charge in [0.15, 0.2) is 0 Å². The van der Waals surface area contributed by atoms with Gasteiger partial charge in [0.05, 0.1) is 0 Å². The molecule has 0 aliphatic heterocycles. The second-order valence-electron chi connectivity index (χ2n) is 5.47. The summed E-state index contributed by atoms with van der Waals surface area (Å²) in [6.07, 6.45) is 10.8. The number of hydrogen-bond donors (Lipinski definition) is 1. The molecule has 1 aliphatic rings. The van der Waals surface area contributed by atoms with Gasteiger partial charge >= 0.3 is 0 Å². The van der Waals surface area contributed by atoms with Crippen LogP contribution in [0.3, 0.4) is 0 Å². The van der Waals surface area contributed by atoms with Crippen molar-refractivity contribution in [3.8, 4) is 0 Å². The van der Waals surface area contributed by atoms with E-state index < -0.39 is 0 Å². The molecule has 0 radical (unpaired) electrons. The molecule has 0 unspecified atom stereocenters. The number of rotatable bonds is 5. The summed E-state index contributed by atoms with van der Waals surface area (Å²) >= 11 is 0. The molecule has 94 valence electrons. The molecular formula is C15H24N2. The fraction of sp³-hybridized carbons (Fsp3) is 0.667. The van der Waals surface area contributed by atoms with Crippen molar-refractivity contribution in [2.45, 2.75) is 52.5 Å². The fourth-order valence-corrected chi connectivity index (χ4v) is 2.92. The largest absolute Gasteiger partial charge is 0.312 e. The molecule has 1 N–H and O–H groups in total. The van der Waals surface area contributed by atoms with Crippen LogP contribution in [-0.4, -0.2) is 11.5 Å². The predicted molar refractivity (Wildman–Crippen MR) is 71.9 cm³/mol. The molecule has 0 amide bonds. The second-order valence-corrected chi connectivity index (χ2v) is 5.47. The molecule has 1 aromatic rings. The van der Waals surface area contributed by atoms with Crippen molar-refractivity contribution in [1.82, 2.24) is 10.3 Å². The normalized spacial score (nSPS) is 18.5. The summed E-state index contributed by atoms with van der Waals surface area (Å²) in [6.45, 7) is 6.62. The third-order valence-electron chi connectivity index (χ3n) is 4.38. The smallest absolute Gasteiger partial charge is 0.0315 e. The van der Waals surface area contributed by atoms with Crippen LogP contribution in [0.15, 0.2) is 18.5 Å². The lowest BCUT2D eigenvalue weighted by Gasteiger charge is -2.28. The predicted octanol–water partition coefficient (Wildman–Crippen LogP) is 3.45. The summed E-state index contributed by atoms with van der Waals surface area (Å²) in [5.41, 5.74) is 3.25. The van der Waals surface area contributed by atoms with Gasteiger partial charge < -0.3 is 5.32 Å². The van der Waals surface area contributed by atoms with E-state index in [4.69, 9.17) is 0 Å². The van der Waals surface area contributed by atoms with E-state index in [9.17, 15) is 0 Å². The zero-order valence-electron chi connectivity index (χ0n) is 11.1. The van der Waals surface area contributed by atoms with Crippen LogP contribution < -0.4 is 5.32 Å². The summed E-state index contributed by atoms with van der Waals surface area (Å²) in [4.78, 5) is 4.19. The zero-order chi connectivity index (χ0) is 12.1. The maximum absolute atomic E-state index is 4.19. The number of aryl methyl sites for hydroxylation is 1. The van der Waals surface area contributed by atoms with E-state index in [1.165, 1.54) is 43.2 Å². The molecule has 0 bridgehead atoms. The maximum atomic E-state index is 4.19. The van der Waals surface area contributed by atoms with E-state index in [-0.39, 0.29) is 0 Å². The molecule has 0 spiro atoms. The van der Waals surface area contributed by atoms with Crippen molar-refractivity contribution >= 4 is 0 Å². The molecule has 2 nitrogen and oxygen atoms in total. The van der Waals surface area contributed by atoms with Gasteiger partial charge in [-0.25, -0.2) is 0 Å². The molecule has 2 rings (SSSR count). The number of hydrogen-bond acceptors (Lipinski definition) is 2. The lowest BCUT2D eigenvalue weighted by atomic mass is 9.83. The van der Waals surface area contributed by atoms with Crippen molar-refractivity contribution in [2.75, 3.05) is 6.54 Å². The first-order valence-corrected chi connectivity index (χ1v) is 6.86. The summed E-state index contributed by atoms with van der Waals surface area (Å²) in [5.74, 6) is 0. The van der Waals surface area contributed by atoms with Crippen LogP contribution in [0.5, 0.6) is 0 Å². The summed E-state index contributed by atoms with van der Waals surface area (Å²) in [7, 11) is 0. The maximum Gasteiger partial charge on any atom is 0.0315 e. The molecule has 0 atom stereocenters. The summed E-state index contributed by atoms with van der Waals surface area (Å²) in [6, 6.07) is 2.09. The molecular weight excluding hydrogens is 208 g/mol. The second kappa shape index (κ2) is 5.63. The van der Waals surface area contributed by atoms with Crippen molar-refractivity contribution in [3.63, 3.8) is 0 Å². The Kier molecular flexibility index (Phi) is 4.16. The summed E-state index contributed by atoms with van der Waals surface area (Å²) < 4.78 is 0. The van der Waals surface area contributed by atoms with Crippen LogP contribution in [-0.2, 0) is 6.54 Å². The van der Waals surface area contributed by atoms with Gasteiger partial charge in [-0.05, 0) is 48.8 Å². The third kappa shape index (κ3) is 3.06. The lowest BCUT2D eigenvalue weighted by Crippen LogP contribution is -2.31. The van der Waals surface area contributed by atoms with E-state index in [1.807, 2.05) is 12.4 Å². The van der Waals surface area contributed by atoms with Crippen LogP contribution >= 0.6 is 0 Å². The van der Waals surface area contributed by atoms with E-state index >= 15 is 0 Å². The Balaban J connectivity index is 1.85. The number of nitrogens with zero attached hydrogens (tertiary/aromatic N) is 1. The van der Waals surface area contributed by atoms with Crippen LogP contribution in [0.2, 0.25) is 0 Å². The van der Waals surface area contributed by atoms with Gasteiger partial charge in [0.1, 0.15) is 0 Å². The Labute approximate surface area is 105 Å². The first-order valence-electron chi connectivity index (χ1n) is 6.86. The SMILES string of the molecule is CCC1(CNCc2cnccc2C)CCCC1. The first kappa shape index (κ1) is 12.6. The highest BCUT2D eigenvalue weighted by Gasteiger charge is 2.31. The molecule has 2 heteroatoms. The average Bonchev–Trinajstić information content (AvgIpc) is 2.81. The van der Waals surface area contributed by atoms with Gasteiger partial charge in [0.2, 0.25) is 0 Å². The standard InChI is InChI=1S/C15H24N2/c1-3-15(7-4-5-8-15)12-17-11-14-10-16-9-6-13(14)2/h6,9-10,17H,3-5,7-8,11-12H2,1-2H3. The van der Waals surface area contributed by atoms with Crippen LogP contribution in [0, 0.1) is 12.3 Å². The fourth-order valence-electron chi connectivity index (χ4n) is 2.92. The quantitative estimate of drug-likeness (QED) is 0.841. The molecule has 0 saturated heterocycles. The minimum Gasteiger partial charge on any atom is -0.312 e. The molecule has 17 heavy (non-hydrogen) atoms. The monoisotopic (exact) mass is 232 g/mol. The van der Waals surface area contributed by atoms with E-state index in [2.05, 4.69) is 30.2 Å². The molecule has 1 saturated carbocycles. The Morgan fingerprint density at radius 2 is 2.12 bits per heavy atom. The molecule has 1 heterocycles. The number of nitrogens with one attached hydrogen (secondary N) is 1. The van der Waals surface area contributed by atoms with Crippen LogP contribution in [0.1, 0.15) is 50.2 Å². The third-order valence-corrected chi connectivity index (χ3v) is 4.38. The highest BCUT2D eigenvalue weighted by Crippen LogP contribution is 2.40. The highest BCUT2D eigenvalue weighted by atomic mass is 14.9. The van der Waals surface area contributed by atoms with Gasteiger partial charge in [-0.1, -0.05) is 19.8 Å². The Morgan fingerprint density at radius 3 is 2.76 bits per heavy atom. The van der Waals surface area contributed by atoms with Crippen molar-refractivity contribution < 1.29 is 0 Å². The first-order chi connectivity index (χ1) is 8.26. The van der Waals surface area contributed by atoms with Crippen LogP contribution in [0.25, 0.3) is 0 Å². The highest BCUT2D eigenvalue weighted by molar-refractivity contribution is 5.21. The van der Waals surface area contributed by atoms with E-state index in [0.29, 0.717) is 5.41 Å². The van der Waals surface area contributed by atoms with Gasteiger partial charge in [0, 0.05) is 25.5 Å². The zero-order valence-corrected chi connectivity index (χ0v) is 11.1. The van der Waals surface area contributed by atoms with Gasteiger partial charge in [-0.3, -0.25) is 4.98 Å². The topological polar surface area (TPSA) is 24.9 Å². The Bertz CT molecular complexity index is 354. The van der Waals surface area contributed by atoms with Gasteiger partial charge in [-0.15, -0.1) is 0 Å². The molecule has 1 aromatic heterocycles. The average molecular weight is 232 g/mol. The van der Waals surface area contributed by atoms with E-state index in [1.54, 1.807) is 0 Å². The molecule has 0 aromatic carbocycles. The Morgan fingerprint density at radius 1 is 1.35 bits per heavy atom. The molecule has 1 fully saturated rings. The number of pyridine rings is 1. The van der Waals surface area contributed by atoms with E-state index in [0.717, 1.165) is 13.1 Å².